The van der Waals surface area contributed by atoms with E-state index in [-0.39, 0.29) is 28.3 Å². The molecule has 10 heteroatoms. The summed E-state index contributed by atoms with van der Waals surface area (Å²) >= 11 is 0.990. The molecule has 0 bridgehead atoms. The fourth-order valence-electron chi connectivity index (χ4n) is 1.88. The summed E-state index contributed by atoms with van der Waals surface area (Å²) in [5.41, 5.74) is -0.482. The van der Waals surface area contributed by atoms with Gasteiger partial charge in [0.2, 0.25) is 11.8 Å². The first-order valence-corrected chi connectivity index (χ1v) is 8.51. The molecule has 0 aliphatic carbocycles. The molecule has 0 atom stereocenters. The number of thioether (sulfide) groups is 1. The van der Waals surface area contributed by atoms with Gasteiger partial charge in [0.25, 0.3) is 11.5 Å². The van der Waals surface area contributed by atoms with Crippen molar-refractivity contribution in [1.29, 1.82) is 0 Å². The molecule has 9 nitrogen and oxygen atoms in total. The number of anilines is 2. The predicted octanol–water partition coefficient (Wildman–Crippen LogP) is 0.819. The second-order valence-electron chi connectivity index (χ2n) is 5.06. The third-order valence-electron chi connectivity index (χ3n) is 3.09. The van der Waals surface area contributed by atoms with Crippen molar-refractivity contribution in [2.45, 2.75) is 12.1 Å². The van der Waals surface area contributed by atoms with Crippen molar-refractivity contribution in [3.8, 4) is 0 Å². The van der Waals surface area contributed by atoms with E-state index in [2.05, 4.69) is 25.9 Å². The molecule has 26 heavy (non-hydrogen) atoms. The van der Waals surface area contributed by atoms with Gasteiger partial charge in [0.15, 0.2) is 16.7 Å². The molecule has 1 aromatic heterocycles. The first kappa shape index (κ1) is 19.2. The molecule has 0 aliphatic rings. The number of rotatable bonds is 6. The summed E-state index contributed by atoms with van der Waals surface area (Å²) in [5.74, 6) is -1.28. The number of carbonyl (C=O) groups is 3. The fourth-order valence-corrected chi connectivity index (χ4v) is 2.61. The Labute approximate surface area is 153 Å². The monoisotopic (exact) mass is 375 g/mol. The van der Waals surface area contributed by atoms with Crippen LogP contribution in [0.2, 0.25) is 0 Å². The van der Waals surface area contributed by atoms with Gasteiger partial charge in [0.1, 0.15) is 0 Å². The van der Waals surface area contributed by atoms with Gasteiger partial charge < -0.3 is 16.0 Å². The lowest BCUT2D eigenvalue weighted by atomic mass is 10.2. The Bertz CT molecular complexity index is 882. The van der Waals surface area contributed by atoms with Crippen LogP contribution in [0.25, 0.3) is 0 Å². The minimum atomic E-state index is -0.646. The second-order valence-corrected chi connectivity index (χ2v) is 6.02. The van der Waals surface area contributed by atoms with Crippen LogP contribution in [0.5, 0.6) is 0 Å². The zero-order valence-electron chi connectivity index (χ0n) is 14.1. The zero-order chi connectivity index (χ0) is 19.1. The number of aromatic amines is 1. The number of nitrogens with one attached hydrogen (secondary N) is 4. The Kier molecular flexibility index (Phi) is 6.50. The molecule has 4 N–H and O–H groups in total. The molecule has 136 valence electrons. The minimum Gasteiger partial charge on any atom is -0.358 e. The summed E-state index contributed by atoms with van der Waals surface area (Å²) in [5, 5.41) is 7.45. The van der Waals surface area contributed by atoms with Crippen LogP contribution < -0.4 is 21.5 Å². The molecule has 1 aromatic carbocycles. The first-order valence-electron chi connectivity index (χ1n) is 7.52. The summed E-state index contributed by atoms with van der Waals surface area (Å²) in [6, 6.07) is 8.30. The van der Waals surface area contributed by atoms with Crippen LogP contribution >= 0.6 is 11.8 Å². The lowest BCUT2D eigenvalue weighted by Gasteiger charge is -2.11. The highest BCUT2D eigenvalue weighted by molar-refractivity contribution is 7.99. The third-order valence-corrected chi connectivity index (χ3v) is 3.96. The normalized spacial score (nSPS) is 10.1. The number of hydrogen-bond acceptors (Lipinski definition) is 6. The Morgan fingerprint density at radius 1 is 1.15 bits per heavy atom. The number of amides is 3. The SMILES string of the molecule is CNC(=O)CSc1nc(NC(C)=O)c(NC(=O)c2ccccc2)c(=O)[nH]1. The second kappa shape index (κ2) is 8.81. The standard InChI is InChI=1S/C16H17N5O4S/c1-9(22)18-13-12(19-14(24)10-6-4-3-5-7-10)15(25)21-16(20-13)26-8-11(23)17-2/h3-7H,8H2,1-2H3,(H,17,23)(H,19,24)(H2,18,20,21,22,25). The molecular formula is C16H17N5O4S. The van der Waals surface area contributed by atoms with Crippen molar-refractivity contribution in [3.05, 3.63) is 46.2 Å². The largest absolute Gasteiger partial charge is 0.358 e. The Morgan fingerprint density at radius 3 is 2.46 bits per heavy atom. The van der Waals surface area contributed by atoms with Crippen LogP contribution in [0.4, 0.5) is 11.5 Å². The van der Waals surface area contributed by atoms with Crippen LogP contribution in [0, 0.1) is 0 Å². The first-order chi connectivity index (χ1) is 12.4. The Morgan fingerprint density at radius 2 is 1.85 bits per heavy atom. The lowest BCUT2D eigenvalue weighted by Crippen LogP contribution is -2.25. The van der Waals surface area contributed by atoms with Gasteiger partial charge in [-0.15, -0.1) is 0 Å². The van der Waals surface area contributed by atoms with E-state index >= 15 is 0 Å². The van der Waals surface area contributed by atoms with Crippen LogP contribution in [0.3, 0.4) is 0 Å². The van der Waals surface area contributed by atoms with Crippen molar-refractivity contribution in [3.63, 3.8) is 0 Å². The van der Waals surface area contributed by atoms with E-state index in [0.29, 0.717) is 5.56 Å². The Hall–Kier alpha value is -3.14. The van der Waals surface area contributed by atoms with Gasteiger partial charge in [0, 0.05) is 19.5 Å². The fraction of sp³-hybridized carbons (Fsp3) is 0.188. The van der Waals surface area contributed by atoms with Crippen LogP contribution in [0.15, 0.2) is 40.3 Å². The van der Waals surface area contributed by atoms with Crippen LogP contribution in [0.1, 0.15) is 17.3 Å². The lowest BCUT2D eigenvalue weighted by molar-refractivity contribution is -0.118. The molecule has 0 fully saturated rings. The van der Waals surface area contributed by atoms with Crippen LogP contribution in [-0.2, 0) is 9.59 Å². The third kappa shape index (κ3) is 5.18. The topological polar surface area (TPSA) is 133 Å². The molecule has 0 unspecified atom stereocenters. The number of carbonyl (C=O) groups excluding carboxylic acids is 3. The van der Waals surface area contributed by atoms with Crippen LogP contribution in [-0.4, -0.2) is 40.5 Å². The van der Waals surface area contributed by atoms with Crippen molar-refractivity contribution < 1.29 is 14.4 Å². The molecule has 2 rings (SSSR count). The molecule has 0 aliphatic heterocycles. The van der Waals surface area contributed by atoms with Gasteiger partial charge >= 0.3 is 0 Å². The average molecular weight is 375 g/mol. The van der Waals surface area contributed by atoms with Gasteiger partial charge in [-0.2, -0.15) is 0 Å². The van der Waals surface area contributed by atoms with E-state index in [1.807, 2.05) is 0 Å². The highest BCUT2D eigenvalue weighted by atomic mass is 32.2. The molecule has 0 saturated carbocycles. The average Bonchev–Trinajstić information content (AvgIpc) is 2.62. The quantitative estimate of drug-likeness (QED) is 0.436. The zero-order valence-corrected chi connectivity index (χ0v) is 14.9. The number of H-pyrrole nitrogens is 1. The smallest absolute Gasteiger partial charge is 0.277 e. The van der Waals surface area contributed by atoms with Gasteiger partial charge in [-0.05, 0) is 12.1 Å². The molecular weight excluding hydrogens is 358 g/mol. The number of aromatic nitrogens is 2. The van der Waals surface area contributed by atoms with Gasteiger partial charge in [0.05, 0.1) is 5.75 Å². The summed E-state index contributed by atoms with van der Waals surface area (Å²) in [6.07, 6.45) is 0. The highest BCUT2D eigenvalue weighted by Gasteiger charge is 2.17. The maximum absolute atomic E-state index is 12.3. The summed E-state index contributed by atoms with van der Waals surface area (Å²) in [7, 11) is 1.49. The van der Waals surface area contributed by atoms with Gasteiger partial charge in [-0.25, -0.2) is 4.98 Å². The molecule has 0 radical (unpaired) electrons. The van der Waals surface area contributed by atoms with E-state index in [4.69, 9.17) is 0 Å². The van der Waals surface area contributed by atoms with Crippen molar-refractivity contribution in [1.82, 2.24) is 15.3 Å². The van der Waals surface area contributed by atoms with E-state index in [1.165, 1.54) is 14.0 Å². The van der Waals surface area contributed by atoms with E-state index < -0.39 is 17.4 Å². The van der Waals surface area contributed by atoms with Gasteiger partial charge in [-0.3, -0.25) is 24.2 Å². The molecule has 3 amide bonds. The van der Waals surface area contributed by atoms with E-state index in [1.54, 1.807) is 30.3 Å². The molecule has 0 spiro atoms. The maximum atomic E-state index is 12.3. The number of nitrogens with zero attached hydrogens (tertiary/aromatic N) is 1. The van der Waals surface area contributed by atoms with Crippen molar-refractivity contribution >= 4 is 41.0 Å². The minimum absolute atomic E-state index is 0.0364. The molecule has 1 heterocycles. The number of hydrogen-bond donors (Lipinski definition) is 4. The van der Waals surface area contributed by atoms with Crippen molar-refractivity contribution in [2.75, 3.05) is 23.4 Å². The molecule has 0 saturated heterocycles. The predicted molar refractivity (Wildman–Crippen MR) is 98.3 cm³/mol. The summed E-state index contributed by atoms with van der Waals surface area (Å²) in [6.45, 7) is 1.25. The van der Waals surface area contributed by atoms with E-state index in [0.717, 1.165) is 11.8 Å². The summed E-state index contributed by atoms with van der Waals surface area (Å²) < 4.78 is 0. The Balaban J connectivity index is 2.32. The number of benzene rings is 1. The van der Waals surface area contributed by atoms with Crippen molar-refractivity contribution in [2.24, 2.45) is 0 Å². The maximum Gasteiger partial charge on any atom is 0.277 e. The van der Waals surface area contributed by atoms with Gasteiger partial charge in [-0.1, -0.05) is 30.0 Å². The molecule has 2 aromatic rings. The van der Waals surface area contributed by atoms with E-state index in [9.17, 15) is 19.2 Å². The summed E-state index contributed by atoms with van der Waals surface area (Å²) in [4.78, 5) is 53.9. The highest BCUT2D eigenvalue weighted by Crippen LogP contribution is 2.19.